The highest BCUT2D eigenvalue weighted by atomic mass is 16.4. The largest absolute Gasteiger partial charge is 0.508 e. The van der Waals surface area contributed by atoms with E-state index in [9.17, 15) is 24.9 Å². The minimum Gasteiger partial charge on any atom is -0.508 e. The predicted octanol–water partition coefficient (Wildman–Crippen LogP) is 1.57. The van der Waals surface area contributed by atoms with E-state index in [1.807, 2.05) is 0 Å². The quantitative estimate of drug-likeness (QED) is 0.729. The van der Waals surface area contributed by atoms with Gasteiger partial charge in [-0.1, -0.05) is 6.92 Å². The van der Waals surface area contributed by atoms with Crippen LogP contribution in [0.1, 0.15) is 36.5 Å². The first-order chi connectivity index (χ1) is 9.42. The molecule has 1 saturated heterocycles. The van der Waals surface area contributed by atoms with Gasteiger partial charge in [-0.15, -0.1) is 0 Å². The van der Waals surface area contributed by atoms with Gasteiger partial charge in [-0.2, -0.15) is 0 Å². The molecule has 20 heavy (non-hydrogen) atoms. The number of hydrogen-bond acceptors (Lipinski definition) is 4. The van der Waals surface area contributed by atoms with Gasteiger partial charge in [0, 0.05) is 6.54 Å². The number of phenolic OH excluding ortho intramolecular Hbond substituents is 2. The first kappa shape index (κ1) is 14.2. The number of carboxylic acids is 1. The van der Waals surface area contributed by atoms with E-state index in [1.54, 1.807) is 6.92 Å². The summed E-state index contributed by atoms with van der Waals surface area (Å²) in [5.74, 6) is -2.02. The smallest absolute Gasteiger partial charge is 0.329 e. The van der Waals surface area contributed by atoms with Crippen LogP contribution in [-0.2, 0) is 4.79 Å². The number of nitrogens with zero attached hydrogens (tertiary/aromatic N) is 1. The van der Waals surface area contributed by atoms with E-state index in [1.165, 1.54) is 17.0 Å². The van der Waals surface area contributed by atoms with Crippen molar-refractivity contribution >= 4 is 11.9 Å². The molecule has 0 radical (unpaired) electrons. The van der Waals surface area contributed by atoms with Crippen molar-refractivity contribution in [3.8, 4) is 11.5 Å². The van der Waals surface area contributed by atoms with Gasteiger partial charge in [-0.3, -0.25) is 4.79 Å². The number of hydrogen-bond donors (Lipinski definition) is 3. The Balaban J connectivity index is 2.42. The van der Waals surface area contributed by atoms with Gasteiger partial charge in [0.15, 0.2) is 0 Å². The zero-order valence-corrected chi connectivity index (χ0v) is 11.2. The molecule has 1 aliphatic heterocycles. The average Bonchev–Trinajstić information content (AvgIpc) is 2.85. The molecule has 6 nitrogen and oxygen atoms in total. The van der Waals surface area contributed by atoms with E-state index in [-0.39, 0.29) is 17.1 Å². The second-order valence-electron chi connectivity index (χ2n) is 4.95. The number of aliphatic carboxylic acids is 1. The lowest BCUT2D eigenvalue weighted by molar-refractivity contribution is -0.148. The summed E-state index contributed by atoms with van der Waals surface area (Å²) in [5, 5.41) is 28.6. The summed E-state index contributed by atoms with van der Waals surface area (Å²) in [5.41, 5.74) is -1.30. The van der Waals surface area contributed by atoms with Crippen molar-refractivity contribution in [2.24, 2.45) is 0 Å². The highest BCUT2D eigenvalue weighted by molar-refractivity contribution is 6.00. The second kappa shape index (κ2) is 5.03. The van der Waals surface area contributed by atoms with Gasteiger partial charge in [0.05, 0.1) is 5.56 Å². The van der Waals surface area contributed by atoms with Crippen LogP contribution in [0.3, 0.4) is 0 Å². The van der Waals surface area contributed by atoms with Crippen molar-refractivity contribution in [1.29, 1.82) is 0 Å². The van der Waals surface area contributed by atoms with Crippen molar-refractivity contribution in [2.45, 2.75) is 31.7 Å². The third kappa shape index (κ3) is 2.07. The minimum absolute atomic E-state index is 0.0778. The molecular weight excluding hydrogens is 262 g/mol. The Morgan fingerprint density at radius 1 is 1.35 bits per heavy atom. The van der Waals surface area contributed by atoms with Gasteiger partial charge in [0.1, 0.15) is 17.0 Å². The number of aromatic hydroxyl groups is 2. The number of phenols is 2. The molecule has 0 aromatic heterocycles. The Morgan fingerprint density at radius 2 is 2.05 bits per heavy atom. The van der Waals surface area contributed by atoms with Crippen LogP contribution < -0.4 is 0 Å². The molecule has 1 heterocycles. The Labute approximate surface area is 116 Å². The van der Waals surface area contributed by atoms with Gasteiger partial charge in [-0.05, 0) is 37.5 Å². The topological polar surface area (TPSA) is 98.1 Å². The lowest BCUT2D eigenvalue weighted by atomic mass is 9.92. The SMILES string of the molecule is CCC1(C(=O)O)CCCN1C(=O)c1cc(O)ccc1O. The van der Waals surface area contributed by atoms with Crippen LogP contribution in [0.2, 0.25) is 0 Å². The molecule has 0 spiro atoms. The summed E-state index contributed by atoms with van der Waals surface area (Å²) in [7, 11) is 0. The number of likely N-dealkylation sites (tertiary alicyclic amines) is 1. The molecule has 1 fully saturated rings. The minimum atomic E-state index is -1.23. The monoisotopic (exact) mass is 279 g/mol. The molecule has 2 rings (SSSR count). The zero-order valence-electron chi connectivity index (χ0n) is 11.2. The van der Waals surface area contributed by atoms with Crippen LogP contribution in [0.25, 0.3) is 0 Å². The third-order valence-electron chi connectivity index (χ3n) is 3.93. The van der Waals surface area contributed by atoms with Gasteiger partial charge >= 0.3 is 5.97 Å². The summed E-state index contributed by atoms with van der Waals surface area (Å²) in [4.78, 5) is 25.3. The molecule has 1 aromatic carbocycles. The summed E-state index contributed by atoms with van der Waals surface area (Å²) in [6.45, 7) is 2.05. The normalized spacial score (nSPS) is 21.9. The molecular formula is C14H17NO5. The standard InChI is InChI=1S/C14H17NO5/c1-2-14(13(19)20)6-3-7-15(14)12(18)10-8-9(16)4-5-11(10)17/h4-5,8,16-17H,2-3,6-7H2,1H3,(H,19,20). The van der Waals surface area contributed by atoms with E-state index in [0.29, 0.717) is 25.8 Å². The van der Waals surface area contributed by atoms with Gasteiger partial charge < -0.3 is 20.2 Å². The summed E-state index contributed by atoms with van der Waals surface area (Å²) >= 11 is 0. The van der Waals surface area contributed by atoms with Crippen LogP contribution in [0, 0.1) is 0 Å². The number of amides is 1. The lowest BCUT2D eigenvalue weighted by Gasteiger charge is -2.34. The molecule has 0 bridgehead atoms. The third-order valence-corrected chi connectivity index (χ3v) is 3.93. The maximum atomic E-state index is 12.5. The molecule has 1 aliphatic rings. The predicted molar refractivity (Wildman–Crippen MR) is 70.7 cm³/mol. The number of carbonyl (C=O) groups excluding carboxylic acids is 1. The fourth-order valence-corrected chi connectivity index (χ4v) is 2.76. The van der Waals surface area contributed by atoms with Crippen molar-refractivity contribution in [3.63, 3.8) is 0 Å². The molecule has 1 amide bonds. The van der Waals surface area contributed by atoms with Crippen LogP contribution in [0.5, 0.6) is 11.5 Å². The average molecular weight is 279 g/mol. The maximum absolute atomic E-state index is 12.5. The van der Waals surface area contributed by atoms with Crippen LogP contribution >= 0.6 is 0 Å². The molecule has 1 unspecified atom stereocenters. The molecule has 1 aromatic rings. The molecule has 0 aliphatic carbocycles. The van der Waals surface area contributed by atoms with Crippen molar-refractivity contribution in [3.05, 3.63) is 23.8 Å². The molecule has 1 atom stereocenters. The van der Waals surface area contributed by atoms with Crippen LogP contribution in [0.15, 0.2) is 18.2 Å². The fourth-order valence-electron chi connectivity index (χ4n) is 2.76. The molecule has 3 N–H and O–H groups in total. The second-order valence-corrected chi connectivity index (χ2v) is 4.95. The van der Waals surface area contributed by atoms with Gasteiger partial charge in [0.2, 0.25) is 0 Å². The number of benzene rings is 1. The Morgan fingerprint density at radius 3 is 2.65 bits per heavy atom. The number of carbonyl (C=O) groups is 2. The Bertz CT molecular complexity index is 556. The van der Waals surface area contributed by atoms with Gasteiger partial charge in [-0.25, -0.2) is 4.79 Å². The van der Waals surface area contributed by atoms with Crippen molar-refractivity contribution in [2.75, 3.05) is 6.54 Å². The lowest BCUT2D eigenvalue weighted by Crippen LogP contribution is -2.52. The maximum Gasteiger partial charge on any atom is 0.329 e. The molecule has 0 saturated carbocycles. The first-order valence-electron chi connectivity index (χ1n) is 6.49. The van der Waals surface area contributed by atoms with E-state index >= 15 is 0 Å². The van der Waals surface area contributed by atoms with Crippen LogP contribution in [0.4, 0.5) is 0 Å². The van der Waals surface area contributed by atoms with E-state index in [4.69, 9.17) is 0 Å². The number of carboxylic acid groups (broad SMARTS) is 1. The Hall–Kier alpha value is -2.24. The molecule has 108 valence electrons. The van der Waals surface area contributed by atoms with E-state index in [0.717, 1.165) is 6.07 Å². The summed E-state index contributed by atoms with van der Waals surface area (Å²) < 4.78 is 0. The highest BCUT2D eigenvalue weighted by Crippen LogP contribution is 2.35. The van der Waals surface area contributed by atoms with Crippen molar-refractivity contribution in [1.82, 2.24) is 4.90 Å². The zero-order chi connectivity index (χ0) is 14.9. The Kier molecular flexibility index (Phi) is 3.57. The van der Waals surface area contributed by atoms with Crippen LogP contribution in [-0.4, -0.2) is 44.2 Å². The summed E-state index contributed by atoms with van der Waals surface area (Å²) in [6, 6.07) is 3.63. The fraction of sp³-hybridized carbons (Fsp3) is 0.429. The first-order valence-corrected chi connectivity index (χ1v) is 6.49. The highest BCUT2D eigenvalue weighted by Gasteiger charge is 2.49. The van der Waals surface area contributed by atoms with Crippen molar-refractivity contribution < 1.29 is 24.9 Å². The number of rotatable bonds is 3. The van der Waals surface area contributed by atoms with E-state index in [2.05, 4.69) is 0 Å². The molecule has 6 heteroatoms. The summed E-state index contributed by atoms with van der Waals surface area (Å²) in [6.07, 6.45) is 1.29. The van der Waals surface area contributed by atoms with Gasteiger partial charge in [0.25, 0.3) is 5.91 Å². The van der Waals surface area contributed by atoms with E-state index < -0.39 is 17.4 Å².